The molecule has 0 atom stereocenters. The van der Waals surface area contributed by atoms with E-state index in [1.165, 1.54) is 0 Å². The number of nitrogens with zero attached hydrogens (tertiary/aromatic N) is 1. The largest absolute Gasteiger partial charge is 0.485 e. The van der Waals surface area contributed by atoms with E-state index < -0.39 is 0 Å². The minimum Gasteiger partial charge on any atom is -0.485 e. The van der Waals surface area contributed by atoms with E-state index in [4.69, 9.17) is 16.3 Å². The van der Waals surface area contributed by atoms with Crippen molar-refractivity contribution >= 4 is 22.9 Å². The van der Waals surface area contributed by atoms with Crippen molar-refractivity contribution < 1.29 is 4.74 Å². The SMILES string of the molecule is CNCc1csc(COc2ccccc2Cl)n1. The van der Waals surface area contributed by atoms with Gasteiger partial charge in [-0.25, -0.2) is 4.98 Å². The highest BCUT2D eigenvalue weighted by Gasteiger charge is 2.04. The molecule has 0 bridgehead atoms. The van der Waals surface area contributed by atoms with Crippen LogP contribution in [0.15, 0.2) is 29.6 Å². The zero-order chi connectivity index (χ0) is 12.1. The molecule has 1 aromatic carbocycles. The summed E-state index contributed by atoms with van der Waals surface area (Å²) in [7, 11) is 1.90. The maximum absolute atomic E-state index is 5.99. The Bertz CT molecular complexity index is 487. The Morgan fingerprint density at radius 3 is 3.00 bits per heavy atom. The van der Waals surface area contributed by atoms with E-state index in [1.54, 1.807) is 11.3 Å². The molecule has 17 heavy (non-hydrogen) atoms. The van der Waals surface area contributed by atoms with Crippen molar-refractivity contribution in [3.8, 4) is 5.75 Å². The van der Waals surface area contributed by atoms with Gasteiger partial charge in [0, 0.05) is 11.9 Å². The molecule has 0 spiro atoms. The molecular weight excluding hydrogens is 256 g/mol. The van der Waals surface area contributed by atoms with Crippen LogP contribution in [-0.2, 0) is 13.2 Å². The van der Waals surface area contributed by atoms with Crippen molar-refractivity contribution in [3.63, 3.8) is 0 Å². The van der Waals surface area contributed by atoms with E-state index in [9.17, 15) is 0 Å². The van der Waals surface area contributed by atoms with Gasteiger partial charge in [-0.2, -0.15) is 0 Å². The van der Waals surface area contributed by atoms with Crippen LogP contribution in [0.1, 0.15) is 10.7 Å². The van der Waals surface area contributed by atoms with Gasteiger partial charge in [0.05, 0.1) is 10.7 Å². The third kappa shape index (κ3) is 3.43. The summed E-state index contributed by atoms with van der Waals surface area (Å²) in [5.41, 5.74) is 1.04. The third-order valence-corrected chi connectivity index (χ3v) is 3.33. The molecule has 0 aliphatic heterocycles. The lowest BCUT2D eigenvalue weighted by atomic mass is 10.3. The Morgan fingerprint density at radius 1 is 1.41 bits per heavy atom. The molecule has 0 aliphatic carbocycles. The van der Waals surface area contributed by atoms with Crippen molar-refractivity contribution in [2.75, 3.05) is 7.05 Å². The van der Waals surface area contributed by atoms with Crippen molar-refractivity contribution in [1.82, 2.24) is 10.3 Å². The van der Waals surface area contributed by atoms with Gasteiger partial charge in [-0.15, -0.1) is 11.3 Å². The number of hydrogen-bond donors (Lipinski definition) is 1. The first-order valence-corrected chi connectivity index (χ1v) is 6.50. The number of para-hydroxylation sites is 1. The topological polar surface area (TPSA) is 34.1 Å². The number of aromatic nitrogens is 1. The van der Waals surface area contributed by atoms with E-state index in [0.29, 0.717) is 17.4 Å². The van der Waals surface area contributed by atoms with Gasteiger partial charge in [-0.3, -0.25) is 0 Å². The van der Waals surface area contributed by atoms with Crippen LogP contribution < -0.4 is 10.1 Å². The first kappa shape index (κ1) is 12.4. The Balaban J connectivity index is 1.95. The molecule has 0 amide bonds. The Hall–Kier alpha value is -1.10. The second-order valence-electron chi connectivity index (χ2n) is 3.48. The van der Waals surface area contributed by atoms with Crippen molar-refractivity contribution in [3.05, 3.63) is 45.4 Å². The van der Waals surface area contributed by atoms with E-state index in [2.05, 4.69) is 10.3 Å². The summed E-state index contributed by atoms with van der Waals surface area (Å²) >= 11 is 7.59. The normalized spacial score (nSPS) is 10.5. The van der Waals surface area contributed by atoms with Crippen LogP contribution in [0.25, 0.3) is 0 Å². The van der Waals surface area contributed by atoms with E-state index in [1.807, 2.05) is 36.7 Å². The van der Waals surface area contributed by atoms with E-state index in [0.717, 1.165) is 17.2 Å². The lowest BCUT2D eigenvalue weighted by Gasteiger charge is -2.05. The van der Waals surface area contributed by atoms with Crippen LogP contribution in [0.3, 0.4) is 0 Å². The minimum atomic E-state index is 0.456. The van der Waals surface area contributed by atoms with Crippen LogP contribution in [-0.4, -0.2) is 12.0 Å². The minimum absolute atomic E-state index is 0.456. The highest BCUT2D eigenvalue weighted by atomic mass is 35.5. The van der Waals surface area contributed by atoms with E-state index >= 15 is 0 Å². The first-order valence-electron chi connectivity index (χ1n) is 5.25. The molecule has 3 nitrogen and oxygen atoms in total. The van der Waals surface area contributed by atoms with Gasteiger partial charge >= 0.3 is 0 Å². The lowest BCUT2D eigenvalue weighted by Crippen LogP contribution is -2.05. The zero-order valence-electron chi connectivity index (χ0n) is 9.44. The molecule has 2 rings (SSSR count). The molecule has 0 saturated heterocycles. The average Bonchev–Trinajstić information content (AvgIpc) is 2.76. The highest BCUT2D eigenvalue weighted by molar-refractivity contribution is 7.09. The standard InChI is InChI=1S/C12H13ClN2OS/c1-14-6-9-8-17-12(15-9)7-16-11-5-3-2-4-10(11)13/h2-5,8,14H,6-7H2,1H3. The second kappa shape index (κ2) is 6.00. The summed E-state index contributed by atoms with van der Waals surface area (Å²) in [5, 5.41) is 6.67. The highest BCUT2D eigenvalue weighted by Crippen LogP contribution is 2.24. The molecule has 1 heterocycles. The van der Waals surface area contributed by atoms with Gasteiger partial charge in [0.1, 0.15) is 17.4 Å². The molecule has 1 N–H and O–H groups in total. The Morgan fingerprint density at radius 2 is 2.24 bits per heavy atom. The Labute approximate surface area is 109 Å². The molecule has 1 aromatic heterocycles. The number of ether oxygens (including phenoxy) is 1. The summed E-state index contributed by atoms with van der Waals surface area (Å²) in [5.74, 6) is 0.694. The van der Waals surface area contributed by atoms with Crippen LogP contribution in [0.4, 0.5) is 0 Å². The van der Waals surface area contributed by atoms with Gasteiger partial charge < -0.3 is 10.1 Å². The van der Waals surface area contributed by atoms with Crippen molar-refractivity contribution in [1.29, 1.82) is 0 Å². The molecule has 0 aliphatic rings. The van der Waals surface area contributed by atoms with Gasteiger partial charge in [0.2, 0.25) is 0 Å². The number of nitrogens with one attached hydrogen (secondary N) is 1. The maximum Gasteiger partial charge on any atom is 0.140 e. The molecule has 2 aromatic rings. The predicted molar refractivity (Wildman–Crippen MR) is 70.7 cm³/mol. The smallest absolute Gasteiger partial charge is 0.140 e. The summed E-state index contributed by atoms with van der Waals surface area (Å²) in [6.07, 6.45) is 0. The molecule has 0 fully saturated rings. The van der Waals surface area contributed by atoms with Crippen molar-refractivity contribution in [2.24, 2.45) is 0 Å². The molecule has 0 radical (unpaired) electrons. The fourth-order valence-electron chi connectivity index (χ4n) is 1.38. The third-order valence-electron chi connectivity index (χ3n) is 2.15. The number of benzene rings is 1. The van der Waals surface area contributed by atoms with Crippen LogP contribution in [0.2, 0.25) is 5.02 Å². The zero-order valence-corrected chi connectivity index (χ0v) is 11.0. The van der Waals surface area contributed by atoms with Gasteiger partial charge in [-0.05, 0) is 19.2 Å². The van der Waals surface area contributed by atoms with Gasteiger partial charge in [-0.1, -0.05) is 23.7 Å². The summed E-state index contributed by atoms with van der Waals surface area (Å²) in [6, 6.07) is 7.44. The molecule has 90 valence electrons. The second-order valence-corrected chi connectivity index (χ2v) is 4.83. The molecule has 0 saturated carbocycles. The van der Waals surface area contributed by atoms with Gasteiger partial charge in [0.15, 0.2) is 0 Å². The number of halogens is 1. The average molecular weight is 269 g/mol. The lowest BCUT2D eigenvalue weighted by molar-refractivity contribution is 0.305. The monoisotopic (exact) mass is 268 g/mol. The summed E-state index contributed by atoms with van der Waals surface area (Å²) < 4.78 is 5.61. The molecule has 5 heteroatoms. The summed E-state index contributed by atoms with van der Waals surface area (Å²) in [6.45, 7) is 1.24. The Kier molecular flexibility index (Phi) is 4.36. The number of rotatable bonds is 5. The van der Waals surface area contributed by atoms with Crippen molar-refractivity contribution in [2.45, 2.75) is 13.2 Å². The molecule has 0 unspecified atom stereocenters. The summed E-state index contributed by atoms with van der Waals surface area (Å²) in [4.78, 5) is 4.43. The van der Waals surface area contributed by atoms with E-state index in [-0.39, 0.29) is 0 Å². The number of thiazole rings is 1. The van der Waals surface area contributed by atoms with Crippen LogP contribution in [0, 0.1) is 0 Å². The predicted octanol–water partition coefficient (Wildman–Crippen LogP) is 3.09. The number of hydrogen-bond acceptors (Lipinski definition) is 4. The first-order chi connectivity index (χ1) is 8.29. The van der Waals surface area contributed by atoms with Crippen LogP contribution in [0.5, 0.6) is 5.75 Å². The maximum atomic E-state index is 5.99. The molecular formula is C12H13ClN2OS. The van der Waals surface area contributed by atoms with Crippen LogP contribution >= 0.6 is 22.9 Å². The fourth-order valence-corrected chi connectivity index (χ4v) is 2.27. The fraction of sp³-hybridized carbons (Fsp3) is 0.250. The van der Waals surface area contributed by atoms with Gasteiger partial charge in [0.25, 0.3) is 0 Å². The quantitative estimate of drug-likeness (QED) is 0.905.